The third-order valence-corrected chi connectivity index (χ3v) is 10.3. The molecule has 9 aromatic rings. The second-order valence-electron chi connectivity index (χ2n) is 12.8. The minimum absolute atomic E-state index is 0.439. The summed E-state index contributed by atoms with van der Waals surface area (Å²) in [4.78, 5) is 2.39. The summed E-state index contributed by atoms with van der Waals surface area (Å²) in [5.41, 5.74) is 12.4. The molecular weight excluding hydrogens is 595 g/mol. The average molecular weight is 626 g/mol. The highest BCUT2D eigenvalue weighted by molar-refractivity contribution is 6.11. The molecular formula is C47H31NO. The summed E-state index contributed by atoms with van der Waals surface area (Å²) in [5, 5.41) is 4.68. The topological polar surface area (TPSA) is 16.4 Å². The SMILES string of the molecule is c1ccc(N(c2ccc3oc4ccccc4c3c2)c2cccc3c4c(ccc23)C(c2ccccc2)(c2ccccc2)c2ccccc2-4)cc1. The Balaban J connectivity index is 1.27. The minimum atomic E-state index is -0.439. The van der Waals surface area contributed by atoms with E-state index in [-0.39, 0.29) is 0 Å². The third-order valence-electron chi connectivity index (χ3n) is 10.3. The van der Waals surface area contributed by atoms with E-state index in [2.05, 4.69) is 181 Å². The molecule has 0 saturated carbocycles. The van der Waals surface area contributed by atoms with Gasteiger partial charge in [0.15, 0.2) is 0 Å². The second-order valence-corrected chi connectivity index (χ2v) is 12.8. The van der Waals surface area contributed by atoms with Crippen LogP contribution in [0.1, 0.15) is 22.3 Å². The minimum Gasteiger partial charge on any atom is -0.456 e. The van der Waals surface area contributed by atoms with Gasteiger partial charge in [0.1, 0.15) is 11.2 Å². The summed E-state index contributed by atoms with van der Waals surface area (Å²) in [7, 11) is 0. The highest BCUT2D eigenvalue weighted by Crippen LogP contribution is 2.58. The molecule has 1 heterocycles. The maximum atomic E-state index is 6.23. The van der Waals surface area contributed by atoms with Gasteiger partial charge in [-0.15, -0.1) is 0 Å². The third kappa shape index (κ3) is 4.01. The molecule has 0 N–H and O–H groups in total. The van der Waals surface area contributed by atoms with Crippen LogP contribution >= 0.6 is 0 Å². The van der Waals surface area contributed by atoms with Crippen molar-refractivity contribution in [3.05, 3.63) is 210 Å². The van der Waals surface area contributed by atoms with E-state index in [1.165, 1.54) is 44.2 Å². The number of hydrogen-bond donors (Lipinski definition) is 0. The van der Waals surface area contributed by atoms with E-state index < -0.39 is 5.41 Å². The molecule has 0 spiro atoms. The summed E-state index contributed by atoms with van der Waals surface area (Å²) in [6.07, 6.45) is 0. The van der Waals surface area contributed by atoms with Gasteiger partial charge in [-0.05, 0) is 81.2 Å². The average Bonchev–Trinajstić information content (AvgIpc) is 3.70. The van der Waals surface area contributed by atoms with Crippen molar-refractivity contribution in [1.82, 2.24) is 0 Å². The first kappa shape index (κ1) is 27.7. The molecule has 230 valence electrons. The van der Waals surface area contributed by atoms with Crippen LogP contribution in [0.15, 0.2) is 192 Å². The number of rotatable bonds is 5. The van der Waals surface area contributed by atoms with Crippen molar-refractivity contribution in [1.29, 1.82) is 0 Å². The van der Waals surface area contributed by atoms with Crippen LogP contribution in [-0.2, 0) is 5.41 Å². The van der Waals surface area contributed by atoms with Crippen molar-refractivity contribution in [3.63, 3.8) is 0 Å². The van der Waals surface area contributed by atoms with E-state index in [1.54, 1.807) is 0 Å². The lowest BCUT2D eigenvalue weighted by Gasteiger charge is -2.34. The zero-order chi connectivity index (χ0) is 32.4. The fourth-order valence-electron chi connectivity index (χ4n) is 8.33. The molecule has 0 atom stereocenters. The Morgan fingerprint density at radius 1 is 0.388 bits per heavy atom. The van der Waals surface area contributed by atoms with Crippen LogP contribution in [0, 0.1) is 0 Å². The van der Waals surface area contributed by atoms with Gasteiger partial charge in [0.05, 0.1) is 11.1 Å². The van der Waals surface area contributed by atoms with Crippen molar-refractivity contribution in [2.24, 2.45) is 0 Å². The van der Waals surface area contributed by atoms with Gasteiger partial charge in [-0.1, -0.05) is 146 Å². The predicted molar refractivity (Wildman–Crippen MR) is 203 cm³/mol. The van der Waals surface area contributed by atoms with E-state index in [4.69, 9.17) is 4.42 Å². The zero-order valence-electron chi connectivity index (χ0n) is 26.8. The number of furan rings is 1. The van der Waals surface area contributed by atoms with Gasteiger partial charge in [0, 0.05) is 27.5 Å². The van der Waals surface area contributed by atoms with E-state index >= 15 is 0 Å². The van der Waals surface area contributed by atoms with Crippen molar-refractivity contribution >= 4 is 49.8 Å². The normalized spacial score (nSPS) is 13.1. The van der Waals surface area contributed by atoms with Crippen LogP contribution in [0.4, 0.5) is 17.1 Å². The monoisotopic (exact) mass is 625 g/mol. The molecule has 0 bridgehead atoms. The first-order valence-corrected chi connectivity index (χ1v) is 16.9. The molecule has 2 heteroatoms. The van der Waals surface area contributed by atoms with Gasteiger partial charge in [-0.25, -0.2) is 0 Å². The highest BCUT2D eigenvalue weighted by atomic mass is 16.3. The Bertz CT molecular complexity index is 2620. The molecule has 8 aromatic carbocycles. The van der Waals surface area contributed by atoms with E-state index in [9.17, 15) is 0 Å². The summed E-state index contributed by atoms with van der Waals surface area (Å²) in [6, 6.07) is 68.0. The standard InChI is InChI=1S/C47H31NO/c1-4-15-32(16-5-1)47(33-17-6-2-7-18-33)41-24-12-10-22-39(41)46-38-23-14-25-43(36(38)28-29-42(46)47)48(34-19-8-3-9-20-34)35-27-30-45-40(31-35)37-21-11-13-26-44(37)49-45/h1-31H. The number of fused-ring (bicyclic) bond motifs is 8. The summed E-state index contributed by atoms with van der Waals surface area (Å²) < 4.78 is 6.23. The molecule has 0 saturated heterocycles. The van der Waals surface area contributed by atoms with Gasteiger partial charge in [-0.3, -0.25) is 0 Å². The number of nitrogens with zero attached hydrogens (tertiary/aromatic N) is 1. The van der Waals surface area contributed by atoms with Crippen molar-refractivity contribution in [3.8, 4) is 11.1 Å². The number of anilines is 3. The van der Waals surface area contributed by atoms with Gasteiger partial charge in [0.2, 0.25) is 0 Å². The molecule has 0 unspecified atom stereocenters. The molecule has 49 heavy (non-hydrogen) atoms. The Morgan fingerprint density at radius 2 is 1.02 bits per heavy atom. The van der Waals surface area contributed by atoms with Crippen LogP contribution < -0.4 is 4.90 Å². The fraction of sp³-hybridized carbons (Fsp3) is 0.0213. The van der Waals surface area contributed by atoms with Gasteiger partial charge in [-0.2, -0.15) is 0 Å². The predicted octanol–water partition coefficient (Wildman–Crippen LogP) is 12.6. The second kappa shape index (κ2) is 10.8. The van der Waals surface area contributed by atoms with Crippen molar-refractivity contribution in [2.45, 2.75) is 5.41 Å². The first-order chi connectivity index (χ1) is 24.3. The van der Waals surface area contributed by atoms with Crippen LogP contribution in [0.3, 0.4) is 0 Å². The van der Waals surface area contributed by atoms with Gasteiger partial charge < -0.3 is 9.32 Å². The number of para-hydroxylation sites is 2. The summed E-state index contributed by atoms with van der Waals surface area (Å²) >= 11 is 0. The van der Waals surface area contributed by atoms with E-state index in [1.807, 2.05) is 12.1 Å². The molecule has 2 nitrogen and oxygen atoms in total. The molecule has 0 aliphatic heterocycles. The van der Waals surface area contributed by atoms with Crippen molar-refractivity contribution < 1.29 is 4.42 Å². The lowest BCUT2D eigenvalue weighted by Crippen LogP contribution is -2.28. The molecule has 0 amide bonds. The van der Waals surface area contributed by atoms with Crippen LogP contribution in [0.25, 0.3) is 43.8 Å². The Kier molecular flexibility index (Phi) is 6.13. The van der Waals surface area contributed by atoms with Gasteiger partial charge in [0.25, 0.3) is 0 Å². The van der Waals surface area contributed by atoms with Crippen LogP contribution in [0.5, 0.6) is 0 Å². The summed E-state index contributed by atoms with van der Waals surface area (Å²) in [6.45, 7) is 0. The lowest BCUT2D eigenvalue weighted by atomic mass is 9.67. The maximum absolute atomic E-state index is 6.23. The number of hydrogen-bond acceptors (Lipinski definition) is 2. The quantitative estimate of drug-likeness (QED) is 0.189. The fourth-order valence-corrected chi connectivity index (χ4v) is 8.33. The lowest BCUT2D eigenvalue weighted by molar-refractivity contribution is 0.669. The summed E-state index contributed by atoms with van der Waals surface area (Å²) in [5.74, 6) is 0. The van der Waals surface area contributed by atoms with Crippen molar-refractivity contribution in [2.75, 3.05) is 4.90 Å². The maximum Gasteiger partial charge on any atom is 0.135 e. The Hall–Kier alpha value is -6.38. The highest BCUT2D eigenvalue weighted by Gasteiger charge is 2.46. The molecule has 10 rings (SSSR count). The Labute approximate surface area is 285 Å². The molecule has 1 aliphatic carbocycles. The molecule has 0 radical (unpaired) electrons. The van der Waals surface area contributed by atoms with Gasteiger partial charge >= 0.3 is 0 Å². The Morgan fingerprint density at radius 3 is 1.80 bits per heavy atom. The molecule has 0 fully saturated rings. The van der Waals surface area contributed by atoms with Crippen LogP contribution in [0.2, 0.25) is 0 Å². The number of benzene rings is 8. The van der Waals surface area contributed by atoms with E-state index in [0.29, 0.717) is 0 Å². The van der Waals surface area contributed by atoms with Crippen LogP contribution in [-0.4, -0.2) is 0 Å². The first-order valence-electron chi connectivity index (χ1n) is 16.9. The largest absolute Gasteiger partial charge is 0.456 e. The smallest absolute Gasteiger partial charge is 0.135 e. The molecule has 1 aliphatic rings. The zero-order valence-corrected chi connectivity index (χ0v) is 26.8. The molecule has 1 aromatic heterocycles. The van der Waals surface area contributed by atoms with E-state index in [0.717, 1.165) is 39.0 Å².